The quantitative estimate of drug-likeness (QED) is 0.859. The van der Waals surface area contributed by atoms with Gasteiger partial charge in [0.2, 0.25) is 0 Å². The van der Waals surface area contributed by atoms with Crippen LogP contribution in [0.25, 0.3) is 0 Å². The molecule has 3 rings (SSSR count). The van der Waals surface area contributed by atoms with E-state index in [0.717, 1.165) is 11.6 Å². The minimum absolute atomic E-state index is 0.0621. The highest BCUT2D eigenvalue weighted by Gasteiger charge is 2.31. The summed E-state index contributed by atoms with van der Waals surface area (Å²) in [6.45, 7) is 1.31. The molecule has 1 saturated carbocycles. The second-order valence-electron chi connectivity index (χ2n) is 5.59. The molecule has 0 spiro atoms. The van der Waals surface area contributed by atoms with Crippen molar-refractivity contribution in [1.29, 1.82) is 0 Å². The molecule has 0 bridgehead atoms. The third-order valence-electron chi connectivity index (χ3n) is 4.24. The van der Waals surface area contributed by atoms with Crippen molar-refractivity contribution in [2.24, 2.45) is 12.8 Å². The highest BCUT2D eigenvalue weighted by molar-refractivity contribution is 5.08. The van der Waals surface area contributed by atoms with Crippen LogP contribution >= 0.6 is 0 Å². The molecular weight excluding hydrogens is 228 g/mol. The standard InChI is InChI=1S/C13H22N4O/c1-17-13(10-7-18-8-11(10)14)15-12(16-17)9-5-3-2-4-6-9/h9-11H,2-8,14H2,1H3. The molecule has 2 heterocycles. The van der Waals surface area contributed by atoms with E-state index in [1.54, 1.807) is 0 Å². The second-order valence-corrected chi connectivity index (χ2v) is 5.59. The van der Waals surface area contributed by atoms with Crippen LogP contribution < -0.4 is 5.73 Å². The molecule has 0 amide bonds. The van der Waals surface area contributed by atoms with Crippen LogP contribution in [0.1, 0.15) is 55.6 Å². The van der Waals surface area contributed by atoms with Crippen molar-refractivity contribution >= 4 is 0 Å². The monoisotopic (exact) mass is 250 g/mol. The fourth-order valence-corrected chi connectivity index (χ4v) is 3.11. The van der Waals surface area contributed by atoms with Crippen molar-refractivity contribution in [3.8, 4) is 0 Å². The molecule has 1 aromatic heterocycles. The van der Waals surface area contributed by atoms with Crippen molar-refractivity contribution in [2.75, 3.05) is 13.2 Å². The summed E-state index contributed by atoms with van der Waals surface area (Å²) >= 11 is 0. The number of rotatable bonds is 2. The molecule has 1 aliphatic heterocycles. The molecule has 0 radical (unpaired) electrons. The van der Waals surface area contributed by atoms with Gasteiger partial charge in [0.25, 0.3) is 0 Å². The van der Waals surface area contributed by atoms with Crippen LogP contribution in [0.5, 0.6) is 0 Å². The Hall–Kier alpha value is -0.940. The van der Waals surface area contributed by atoms with E-state index in [-0.39, 0.29) is 12.0 Å². The van der Waals surface area contributed by atoms with Gasteiger partial charge in [-0.25, -0.2) is 4.98 Å². The lowest BCUT2D eigenvalue weighted by atomic mass is 9.89. The predicted octanol–water partition coefficient (Wildman–Crippen LogP) is 1.30. The number of nitrogens with zero attached hydrogens (tertiary/aromatic N) is 3. The van der Waals surface area contributed by atoms with Crippen molar-refractivity contribution in [3.63, 3.8) is 0 Å². The zero-order valence-corrected chi connectivity index (χ0v) is 11.0. The molecule has 100 valence electrons. The molecule has 0 aromatic carbocycles. The van der Waals surface area contributed by atoms with Gasteiger partial charge >= 0.3 is 0 Å². The van der Waals surface area contributed by atoms with Crippen LogP contribution in [-0.2, 0) is 11.8 Å². The van der Waals surface area contributed by atoms with Gasteiger partial charge in [0.1, 0.15) is 5.82 Å². The predicted molar refractivity (Wildman–Crippen MR) is 68.4 cm³/mol. The van der Waals surface area contributed by atoms with Gasteiger partial charge in [0.05, 0.1) is 19.1 Å². The zero-order chi connectivity index (χ0) is 12.5. The molecule has 2 atom stereocenters. The van der Waals surface area contributed by atoms with Crippen LogP contribution in [0.4, 0.5) is 0 Å². The van der Waals surface area contributed by atoms with Crippen molar-refractivity contribution < 1.29 is 4.74 Å². The van der Waals surface area contributed by atoms with Gasteiger partial charge in [-0.15, -0.1) is 0 Å². The molecular formula is C13H22N4O. The topological polar surface area (TPSA) is 66.0 Å². The lowest BCUT2D eigenvalue weighted by Gasteiger charge is -2.18. The zero-order valence-electron chi connectivity index (χ0n) is 11.0. The van der Waals surface area contributed by atoms with E-state index in [4.69, 9.17) is 15.5 Å². The maximum atomic E-state index is 6.06. The van der Waals surface area contributed by atoms with E-state index in [1.807, 2.05) is 11.7 Å². The lowest BCUT2D eigenvalue weighted by molar-refractivity contribution is 0.190. The van der Waals surface area contributed by atoms with Crippen LogP contribution in [0.2, 0.25) is 0 Å². The van der Waals surface area contributed by atoms with E-state index in [9.17, 15) is 0 Å². The van der Waals surface area contributed by atoms with Crippen molar-refractivity contribution in [1.82, 2.24) is 14.8 Å². The SMILES string of the molecule is Cn1nc(C2CCCCC2)nc1C1COCC1N. The van der Waals surface area contributed by atoms with E-state index in [0.29, 0.717) is 19.1 Å². The van der Waals surface area contributed by atoms with E-state index < -0.39 is 0 Å². The maximum absolute atomic E-state index is 6.06. The Balaban J connectivity index is 1.81. The average Bonchev–Trinajstić information content (AvgIpc) is 2.96. The Morgan fingerprint density at radius 1 is 1.22 bits per heavy atom. The van der Waals surface area contributed by atoms with Crippen LogP contribution in [-0.4, -0.2) is 34.0 Å². The summed E-state index contributed by atoms with van der Waals surface area (Å²) in [6.07, 6.45) is 6.44. The number of ether oxygens (including phenoxy) is 1. The fourth-order valence-electron chi connectivity index (χ4n) is 3.11. The maximum Gasteiger partial charge on any atom is 0.154 e. The van der Waals surface area contributed by atoms with Gasteiger partial charge in [-0.05, 0) is 12.8 Å². The van der Waals surface area contributed by atoms with Gasteiger partial charge in [-0.2, -0.15) is 5.10 Å². The van der Waals surface area contributed by atoms with Gasteiger partial charge in [0.15, 0.2) is 5.82 Å². The third kappa shape index (κ3) is 2.17. The van der Waals surface area contributed by atoms with Crippen LogP contribution in [0.15, 0.2) is 0 Å². The normalized spacial score (nSPS) is 29.9. The molecule has 2 aliphatic rings. The smallest absolute Gasteiger partial charge is 0.154 e. The van der Waals surface area contributed by atoms with E-state index >= 15 is 0 Å². The molecule has 1 saturated heterocycles. The van der Waals surface area contributed by atoms with Crippen molar-refractivity contribution in [3.05, 3.63) is 11.6 Å². The number of aryl methyl sites for hydroxylation is 1. The molecule has 2 N–H and O–H groups in total. The Kier molecular flexibility index (Phi) is 3.35. The summed E-state index contributed by atoms with van der Waals surface area (Å²) in [6, 6.07) is 0.0621. The molecule has 2 unspecified atom stereocenters. The number of hydrogen-bond acceptors (Lipinski definition) is 4. The second kappa shape index (κ2) is 4.97. The first-order valence-electron chi connectivity index (χ1n) is 7.00. The first-order chi connectivity index (χ1) is 8.75. The highest BCUT2D eigenvalue weighted by Crippen LogP contribution is 2.32. The Morgan fingerprint density at radius 2 is 2.00 bits per heavy atom. The Labute approximate surface area is 108 Å². The summed E-state index contributed by atoms with van der Waals surface area (Å²) < 4.78 is 7.33. The summed E-state index contributed by atoms with van der Waals surface area (Å²) in [7, 11) is 1.97. The minimum atomic E-state index is 0.0621. The molecule has 18 heavy (non-hydrogen) atoms. The highest BCUT2D eigenvalue weighted by atomic mass is 16.5. The van der Waals surface area contributed by atoms with E-state index in [1.165, 1.54) is 32.1 Å². The molecule has 5 heteroatoms. The first-order valence-corrected chi connectivity index (χ1v) is 7.00. The van der Waals surface area contributed by atoms with E-state index in [2.05, 4.69) is 5.10 Å². The summed E-state index contributed by atoms with van der Waals surface area (Å²) in [5.41, 5.74) is 6.06. The fraction of sp³-hybridized carbons (Fsp3) is 0.846. The van der Waals surface area contributed by atoms with Crippen LogP contribution in [0.3, 0.4) is 0 Å². The van der Waals surface area contributed by atoms with Gasteiger partial charge in [-0.3, -0.25) is 4.68 Å². The van der Waals surface area contributed by atoms with Crippen LogP contribution in [0, 0.1) is 0 Å². The minimum Gasteiger partial charge on any atom is -0.379 e. The molecule has 2 fully saturated rings. The molecule has 1 aliphatic carbocycles. The summed E-state index contributed by atoms with van der Waals surface area (Å²) in [4.78, 5) is 4.76. The lowest BCUT2D eigenvalue weighted by Crippen LogP contribution is -2.28. The largest absolute Gasteiger partial charge is 0.379 e. The molecule has 1 aromatic rings. The molecule has 5 nitrogen and oxygen atoms in total. The Morgan fingerprint density at radius 3 is 2.67 bits per heavy atom. The van der Waals surface area contributed by atoms with Gasteiger partial charge in [0, 0.05) is 19.0 Å². The Bertz CT molecular complexity index is 411. The number of hydrogen-bond donors (Lipinski definition) is 1. The summed E-state index contributed by atoms with van der Waals surface area (Å²) in [5, 5.41) is 4.61. The first kappa shape index (κ1) is 12.1. The average molecular weight is 250 g/mol. The summed E-state index contributed by atoms with van der Waals surface area (Å²) in [5.74, 6) is 2.78. The van der Waals surface area contributed by atoms with Crippen molar-refractivity contribution in [2.45, 2.75) is 50.0 Å². The third-order valence-corrected chi connectivity index (χ3v) is 4.24. The van der Waals surface area contributed by atoms with Gasteiger partial charge < -0.3 is 10.5 Å². The van der Waals surface area contributed by atoms with Gasteiger partial charge in [-0.1, -0.05) is 19.3 Å². The number of nitrogens with two attached hydrogens (primary N) is 1. The number of aromatic nitrogens is 3.